The van der Waals surface area contributed by atoms with Crippen molar-refractivity contribution in [2.24, 2.45) is 0 Å². The quantitative estimate of drug-likeness (QED) is 0.606. The number of nitrogens with zero attached hydrogens (tertiary/aromatic N) is 2. The topological polar surface area (TPSA) is 36.7 Å². The van der Waals surface area contributed by atoms with E-state index < -0.39 is 0 Å². The number of aromatic nitrogens is 1. The van der Waals surface area contributed by atoms with Crippen LogP contribution in [0.1, 0.15) is 23.9 Å². The Hall–Kier alpha value is -1.36. The van der Waals surface area contributed by atoms with Gasteiger partial charge in [-0.25, -0.2) is 4.98 Å². The SMILES string of the molecule is CCc1ccc(C)nc1C#N. The van der Waals surface area contributed by atoms with Crippen molar-refractivity contribution in [3.8, 4) is 6.07 Å². The van der Waals surface area contributed by atoms with E-state index in [1.54, 1.807) is 0 Å². The third kappa shape index (κ3) is 1.56. The summed E-state index contributed by atoms with van der Waals surface area (Å²) in [6.07, 6.45) is 0.871. The monoisotopic (exact) mass is 146 g/mol. The van der Waals surface area contributed by atoms with Gasteiger partial charge in [0.05, 0.1) is 0 Å². The summed E-state index contributed by atoms with van der Waals surface area (Å²) in [5.41, 5.74) is 2.49. The van der Waals surface area contributed by atoms with Crippen LogP contribution in [0.2, 0.25) is 0 Å². The fraction of sp³-hybridized carbons (Fsp3) is 0.333. The van der Waals surface area contributed by atoms with Gasteiger partial charge in [-0.3, -0.25) is 0 Å². The smallest absolute Gasteiger partial charge is 0.143 e. The van der Waals surface area contributed by atoms with Gasteiger partial charge in [-0.2, -0.15) is 5.26 Å². The second-order valence-electron chi connectivity index (χ2n) is 2.43. The van der Waals surface area contributed by atoms with Crippen molar-refractivity contribution in [1.29, 1.82) is 5.26 Å². The molecular formula is C9H10N2. The van der Waals surface area contributed by atoms with Gasteiger partial charge in [0.15, 0.2) is 0 Å². The second-order valence-corrected chi connectivity index (χ2v) is 2.43. The van der Waals surface area contributed by atoms with Crippen LogP contribution in [-0.4, -0.2) is 4.98 Å². The average Bonchev–Trinajstić information content (AvgIpc) is 2.04. The van der Waals surface area contributed by atoms with E-state index in [2.05, 4.69) is 11.1 Å². The Balaban J connectivity index is 3.19. The first-order valence-corrected chi connectivity index (χ1v) is 3.64. The molecule has 11 heavy (non-hydrogen) atoms. The summed E-state index contributed by atoms with van der Waals surface area (Å²) < 4.78 is 0. The molecule has 1 aromatic rings. The van der Waals surface area contributed by atoms with E-state index in [4.69, 9.17) is 5.26 Å². The van der Waals surface area contributed by atoms with E-state index in [-0.39, 0.29) is 0 Å². The van der Waals surface area contributed by atoms with E-state index in [9.17, 15) is 0 Å². The van der Waals surface area contributed by atoms with Crippen molar-refractivity contribution >= 4 is 0 Å². The van der Waals surface area contributed by atoms with Crippen LogP contribution in [0.5, 0.6) is 0 Å². The molecule has 2 nitrogen and oxygen atoms in total. The van der Waals surface area contributed by atoms with Gasteiger partial charge >= 0.3 is 0 Å². The molecule has 56 valence electrons. The van der Waals surface area contributed by atoms with Crippen LogP contribution in [-0.2, 0) is 6.42 Å². The zero-order chi connectivity index (χ0) is 8.27. The summed E-state index contributed by atoms with van der Waals surface area (Å²) in [6, 6.07) is 5.97. The van der Waals surface area contributed by atoms with Gasteiger partial charge in [0.25, 0.3) is 0 Å². The fourth-order valence-electron chi connectivity index (χ4n) is 0.968. The van der Waals surface area contributed by atoms with Crippen LogP contribution in [0.4, 0.5) is 0 Å². The Morgan fingerprint density at radius 2 is 2.27 bits per heavy atom. The first kappa shape index (κ1) is 7.74. The molecule has 0 N–H and O–H groups in total. The third-order valence-electron chi connectivity index (χ3n) is 1.60. The molecule has 0 spiro atoms. The molecule has 0 aromatic carbocycles. The lowest BCUT2D eigenvalue weighted by molar-refractivity contribution is 1.05. The predicted octanol–water partition coefficient (Wildman–Crippen LogP) is 1.82. The van der Waals surface area contributed by atoms with Gasteiger partial charge in [-0.05, 0) is 25.0 Å². The highest BCUT2D eigenvalue weighted by molar-refractivity contribution is 5.32. The van der Waals surface area contributed by atoms with Crippen LogP contribution >= 0.6 is 0 Å². The normalized spacial score (nSPS) is 9.18. The molecule has 1 heterocycles. The minimum absolute atomic E-state index is 0.563. The molecule has 0 saturated carbocycles. The molecular weight excluding hydrogens is 136 g/mol. The Kier molecular flexibility index (Phi) is 2.22. The highest BCUT2D eigenvalue weighted by Crippen LogP contribution is 2.06. The van der Waals surface area contributed by atoms with Gasteiger partial charge in [-0.15, -0.1) is 0 Å². The summed E-state index contributed by atoms with van der Waals surface area (Å²) in [6.45, 7) is 3.91. The van der Waals surface area contributed by atoms with Crippen LogP contribution in [0, 0.1) is 18.3 Å². The van der Waals surface area contributed by atoms with Crippen molar-refractivity contribution in [1.82, 2.24) is 4.98 Å². The number of hydrogen-bond acceptors (Lipinski definition) is 2. The maximum Gasteiger partial charge on any atom is 0.143 e. The van der Waals surface area contributed by atoms with Crippen molar-refractivity contribution in [2.45, 2.75) is 20.3 Å². The molecule has 2 heteroatoms. The van der Waals surface area contributed by atoms with Gasteiger partial charge in [0, 0.05) is 5.69 Å². The lowest BCUT2D eigenvalue weighted by Gasteiger charge is -1.98. The number of hydrogen-bond donors (Lipinski definition) is 0. The molecule has 0 atom stereocenters. The van der Waals surface area contributed by atoms with E-state index >= 15 is 0 Å². The molecule has 1 aromatic heterocycles. The molecule has 0 unspecified atom stereocenters. The molecule has 0 aliphatic rings. The molecule has 0 bridgehead atoms. The molecule has 0 amide bonds. The fourth-order valence-corrected chi connectivity index (χ4v) is 0.968. The Morgan fingerprint density at radius 3 is 2.82 bits per heavy atom. The highest BCUT2D eigenvalue weighted by atomic mass is 14.7. The summed E-state index contributed by atoms with van der Waals surface area (Å²) in [5.74, 6) is 0. The standard InChI is InChI=1S/C9H10N2/c1-3-8-5-4-7(2)11-9(8)6-10/h4-5H,3H2,1-2H3. The minimum atomic E-state index is 0.563. The van der Waals surface area contributed by atoms with E-state index in [1.165, 1.54) is 0 Å². The maximum atomic E-state index is 8.66. The summed E-state index contributed by atoms with van der Waals surface area (Å²) in [7, 11) is 0. The number of rotatable bonds is 1. The first-order chi connectivity index (χ1) is 5.27. The number of aryl methyl sites for hydroxylation is 2. The van der Waals surface area contributed by atoms with Crippen LogP contribution in [0.15, 0.2) is 12.1 Å². The lowest BCUT2D eigenvalue weighted by atomic mass is 10.1. The Bertz CT molecular complexity index is 297. The van der Waals surface area contributed by atoms with E-state index in [1.807, 2.05) is 26.0 Å². The summed E-state index contributed by atoms with van der Waals surface area (Å²) in [4.78, 5) is 4.10. The maximum absolute atomic E-state index is 8.66. The lowest BCUT2D eigenvalue weighted by Crippen LogP contribution is -1.93. The largest absolute Gasteiger partial charge is 0.242 e. The van der Waals surface area contributed by atoms with Crippen LogP contribution < -0.4 is 0 Å². The zero-order valence-corrected chi connectivity index (χ0v) is 6.76. The summed E-state index contributed by atoms with van der Waals surface area (Å²) >= 11 is 0. The van der Waals surface area contributed by atoms with Crippen LogP contribution in [0.3, 0.4) is 0 Å². The third-order valence-corrected chi connectivity index (χ3v) is 1.60. The van der Waals surface area contributed by atoms with Crippen molar-refractivity contribution in [3.05, 3.63) is 29.1 Å². The number of nitriles is 1. The second kappa shape index (κ2) is 3.16. The molecule has 0 aliphatic carbocycles. The van der Waals surface area contributed by atoms with Gasteiger partial charge in [0.2, 0.25) is 0 Å². The predicted molar refractivity (Wildman–Crippen MR) is 43.1 cm³/mol. The summed E-state index contributed by atoms with van der Waals surface area (Å²) in [5, 5.41) is 8.66. The first-order valence-electron chi connectivity index (χ1n) is 3.64. The van der Waals surface area contributed by atoms with Gasteiger partial charge in [-0.1, -0.05) is 13.0 Å². The van der Waals surface area contributed by atoms with E-state index in [0.29, 0.717) is 5.69 Å². The molecule has 0 saturated heterocycles. The van der Waals surface area contributed by atoms with Crippen molar-refractivity contribution in [3.63, 3.8) is 0 Å². The average molecular weight is 146 g/mol. The van der Waals surface area contributed by atoms with Crippen molar-refractivity contribution < 1.29 is 0 Å². The van der Waals surface area contributed by atoms with Crippen LogP contribution in [0.25, 0.3) is 0 Å². The Morgan fingerprint density at radius 1 is 1.55 bits per heavy atom. The van der Waals surface area contributed by atoms with E-state index in [0.717, 1.165) is 17.7 Å². The number of pyridine rings is 1. The molecule has 0 fully saturated rings. The molecule has 0 aliphatic heterocycles. The highest BCUT2D eigenvalue weighted by Gasteiger charge is 1.99. The molecule has 0 radical (unpaired) electrons. The molecule has 1 rings (SSSR count). The minimum Gasteiger partial charge on any atom is -0.242 e. The zero-order valence-electron chi connectivity index (χ0n) is 6.76. The van der Waals surface area contributed by atoms with Crippen molar-refractivity contribution in [2.75, 3.05) is 0 Å². The Labute approximate surface area is 66.5 Å². The van der Waals surface area contributed by atoms with Gasteiger partial charge in [0.1, 0.15) is 11.8 Å². The van der Waals surface area contributed by atoms with Gasteiger partial charge < -0.3 is 0 Å².